The third kappa shape index (κ3) is 6.55. The van der Waals surface area contributed by atoms with Crippen molar-refractivity contribution >= 4 is 42.4 Å². The highest BCUT2D eigenvalue weighted by Gasteiger charge is 2.16. The number of carbonyl (C=O) groups excluding carboxylic acids is 1. The Bertz CT molecular complexity index is 1810. The van der Waals surface area contributed by atoms with E-state index in [0.717, 1.165) is 33.6 Å². The molecule has 2 aromatic heterocycles. The lowest BCUT2D eigenvalue weighted by atomic mass is 9.99. The van der Waals surface area contributed by atoms with Crippen LogP contribution in [0.15, 0.2) is 121 Å². The smallest absolute Gasteiger partial charge is 0.315 e. The molecule has 0 aliphatic carbocycles. The molecular formula is C34H28BClN6O. The number of amides is 2. The molecule has 7 nitrogen and oxygen atoms in total. The summed E-state index contributed by atoms with van der Waals surface area (Å²) in [4.78, 5) is 17.6. The van der Waals surface area contributed by atoms with Crippen LogP contribution in [0.3, 0.4) is 0 Å². The van der Waals surface area contributed by atoms with E-state index >= 15 is 0 Å². The number of anilines is 1. The number of benzene rings is 4. The van der Waals surface area contributed by atoms with Gasteiger partial charge in [0.2, 0.25) is 0 Å². The van der Waals surface area contributed by atoms with Gasteiger partial charge in [0, 0.05) is 35.9 Å². The molecule has 2 radical (unpaired) electrons. The molecular weight excluding hydrogens is 555 g/mol. The monoisotopic (exact) mass is 582 g/mol. The van der Waals surface area contributed by atoms with Crippen LogP contribution in [0, 0.1) is 0 Å². The number of nitrogens with one attached hydrogen (secondary N) is 3. The van der Waals surface area contributed by atoms with E-state index in [1.165, 1.54) is 0 Å². The van der Waals surface area contributed by atoms with Gasteiger partial charge in [-0.15, -0.1) is 0 Å². The van der Waals surface area contributed by atoms with Crippen molar-refractivity contribution in [1.82, 2.24) is 25.2 Å². The molecule has 0 atom stereocenters. The van der Waals surface area contributed by atoms with Gasteiger partial charge in [0.1, 0.15) is 13.7 Å². The summed E-state index contributed by atoms with van der Waals surface area (Å²) in [7, 11) is 6.15. The molecule has 2 heterocycles. The molecule has 6 rings (SSSR count). The maximum Gasteiger partial charge on any atom is 0.315 e. The fourth-order valence-electron chi connectivity index (χ4n) is 4.89. The Labute approximate surface area is 256 Å². The first-order valence-electron chi connectivity index (χ1n) is 13.9. The highest BCUT2D eigenvalue weighted by molar-refractivity contribution is 6.36. The fraction of sp³-hybridized carbons (Fsp3) is 0.0882. The van der Waals surface area contributed by atoms with Crippen LogP contribution < -0.4 is 21.4 Å². The number of hydrogen-bond acceptors (Lipinski definition) is 4. The number of fused-ring (bicyclic) bond motifs is 1. The molecule has 0 spiro atoms. The third-order valence-corrected chi connectivity index (χ3v) is 7.47. The Kier molecular flexibility index (Phi) is 8.38. The molecule has 0 unspecified atom stereocenters. The van der Waals surface area contributed by atoms with Crippen molar-refractivity contribution in [3.05, 3.63) is 149 Å². The van der Waals surface area contributed by atoms with Crippen molar-refractivity contribution in [2.75, 3.05) is 5.32 Å². The summed E-state index contributed by atoms with van der Waals surface area (Å²) >= 11 is 6.45. The first kappa shape index (κ1) is 28.1. The van der Waals surface area contributed by atoms with Crippen LogP contribution in [0.4, 0.5) is 10.6 Å². The summed E-state index contributed by atoms with van der Waals surface area (Å²) in [5, 5.41) is 14.6. The topological polar surface area (TPSA) is 83.3 Å². The van der Waals surface area contributed by atoms with Gasteiger partial charge >= 0.3 is 6.03 Å². The predicted octanol–water partition coefficient (Wildman–Crippen LogP) is 6.04. The van der Waals surface area contributed by atoms with Crippen LogP contribution in [0.2, 0.25) is 5.02 Å². The Balaban J connectivity index is 1.10. The molecule has 2 amide bonds. The second kappa shape index (κ2) is 12.8. The van der Waals surface area contributed by atoms with E-state index in [1.807, 2.05) is 115 Å². The molecule has 0 bridgehead atoms. The molecule has 6 aromatic rings. The zero-order valence-electron chi connectivity index (χ0n) is 23.2. The van der Waals surface area contributed by atoms with Gasteiger partial charge in [-0.25, -0.2) is 9.78 Å². The van der Waals surface area contributed by atoms with Gasteiger partial charge in [-0.1, -0.05) is 115 Å². The largest absolute Gasteiger partial charge is 0.366 e. The summed E-state index contributed by atoms with van der Waals surface area (Å²) < 4.78 is 1.69. The van der Waals surface area contributed by atoms with Gasteiger partial charge < -0.3 is 16.0 Å². The predicted molar refractivity (Wildman–Crippen MR) is 173 cm³/mol. The minimum absolute atomic E-state index is 0.238. The molecule has 0 aliphatic heterocycles. The number of urea groups is 1. The Morgan fingerprint density at radius 2 is 1.42 bits per heavy atom. The molecule has 4 aromatic carbocycles. The summed E-state index contributed by atoms with van der Waals surface area (Å²) in [5.74, 6) is 0.741. The van der Waals surface area contributed by atoms with Crippen LogP contribution >= 0.6 is 11.6 Å². The molecule has 0 saturated heterocycles. The van der Waals surface area contributed by atoms with Crippen molar-refractivity contribution in [3.8, 4) is 11.3 Å². The normalized spacial score (nSPS) is 11.0. The average molecular weight is 583 g/mol. The molecule has 0 saturated carbocycles. The standard InChI is InChI=1S/C34H28BClN6O/c35-28-22-39-42-31(19-30(40-33(28)42)27-13-7-8-14-29(27)36)37-20-23-15-17-24(18-16-23)21-38-34(43)41-32(25-9-3-1-4-10-25)26-11-5-2-6-12-26/h1-19,22,32,37H,20-21H2,(H2,38,41,43). The summed E-state index contributed by atoms with van der Waals surface area (Å²) in [6.07, 6.45) is 1.59. The highest BCUT2D eigenvalue weighted by Crippen LogP contribution is 2.28. The van der Waals surface area contributed by atoms with Crippen LogP contribution in [-0.2, 0) is 13.1 Å². The second-order valence-corrected chi connectivity index (χ2v) is 10.5. The number of rotatable bonds is 9. The first-order chi connectivity index (χ1) is 21.0. The number of hydrogen-bond donors (Lipinski definition) is 3. The van der Waals surface area contributed by atoms with Gasteiger partial charge in [-0.3, -0.25) is 0 Å². The van der Waals surface area contributed by atoms with E-state index in [9.17, 15) is 4.79 Å². The van der Waals surface area contributed by atoms with Crippen molar-refractivity contribution < 1.29 is 4.79 Å². The molecule has 9 heteroatoms. The van der Waals surface area contributed by atoms with Crippen LogP contribution in [-0.4, -0.2) is 28.5 Å². The van der Waals surface area contributed by atoms with E-state index in [-0.39, 0.29) is 12.1 Å². The second-order valence-electron chi connectivity index (χ2n) is 10.1. The van der Waals surface area contributed by atoms with Crippen molar-refractivity contribution in [1.29, 1.82) is 0 Å². The SMILES string of the molecule is [B]c1cnn2c(NCc3ccc(CNC(=O)NC(c4ccccc4)c4ccccc4)cc3)cc(-c3ccccc3Cl)nc12. The van der Waals surface area contributed by atoms with Crippen LogP contribution in [0.25, 0.3) is 16.9 Å². The number of carbonyl (C=O) groups is 1. The Hall–Kier alpha value is -5.08. The van der Waals surface area contributed by atoms with Gasteiger partial charge in [0.25, 0.3) is 0 Å². The van der Waals surface area contributed by atoms with Crippen molar-refractivity contribution in [2.24, 2.45) is 0 Å². The lowest BCUT2D eigenvalue weighted by Gasteiger charge is -2.20. The Morgan fingerprint density at radius 3 is 2.07 bits per heavy atom. The minimum Gasteiger partial charge on any atom is -0.366 e. The number of nitrogens with zero attached hydrogens (tertiary/aromatic N) is 3. The van der Waals surface area contributed by atoms with Gasteiger partial charge in [-0.2, -0.15) is 9.61 Å². The Morgan fingerprint density at radius 1 is 0.814 bits per heavy atom. The van der Waals surface area contributed by atoms with E-state index in [1.54, 1.807) is 10.7 Å². The quantitative estimate of drug-likeness (QED) is 0.181. The molecule has 43 heavy (non-hydrogen) atoms. The zero-order chi connectivity index (χ0) is 29.6. The fourth-order valence-corrected chi connectivity index (χ4v) is 5.13. The van der Waals surface area contributed by atoms with Crippen LogP contribution in [0.5, 0.6) is 0 Å². The summed E-state index contributed by atoms with van der Waals surface area (Å²) in [6.45, 7) is 0.944. The maximum atomic E-state index is 12.9. The lowest BCUT2D eigenvalue weighted by Crippen LogP contribution is -2.38. The van der Waals surface area contributed by atoms with Crippen LogP contribution in [0.1, 0.15) is 28.3 Å². The number of halogens is 1. The molecule has 210 valence electrons. The van der Waals surface area contributed by atoms with Gasteiger partial charge in [-0.05, 0) is 33.8 Å². The lowest BCUT2D eigenvalue weighted by molar-refractivity contribution is 0.238. The minimum atomic E-state index is -0.251. The van der Waals surface area contributed by atoms with E-state index in [2.05, 4.69) is 21.0 Å². The summed E-state index contributed by atoms with van der Waals surface area (Å²) in [6, 6.07) is 36.9. The first-order valence-corrected chi connectivity index (χ1v) is 14.3. The van der Waals surface area contributed by atoms with E-state index in [0.29, 0.717) is 34.9 Å². The maximum absolute atomic E-state index is 12.9. The number of aromatic nitrogens is 3. The van der Waals surface area contributed by atoms with Gasteiger partial charge in [0.05, 0.1) is 11.7 Å². The molecule has 0 fully saturated rings. The third-order valence-electron chi connectivity index (χ3n) is 7.14. The molecule has 3 N–H and O–H groups in total. The van der Waals surface area contributed by atoms with Crippen molar-refractivity contribution in [3.63, 3.8) is 0 Å². The van der Waals surface area contributed by atoms with E-state index < -0.39 is 0 Å². The molecule has 0 aliphatic rings. The average Bonchev–Trinajstić information content (AvgIpc) is 3.43. The van der Waals surface area contributed by atoms with Crippen molar-refractivity contribution in [2.45, 2.75) is 19.1 Å². The summed E-state index contributed by atoms with van der Waals surface area (Å²) in [5.41, 5.74) is 6.64. The van der Waals surface area contributed by atoms with Gasteiger partial charge in [0.15, 0.2) is 5.65 Å². The highest BCUT2D eigenvalue weighted by atomic mass is 35.5. The zero-order valence-corrected chi connectivity index (χ0v) is 24.0. The van der Waals surface area contributed by atoms with E-state index in [4.69, 9.17) is 24.4 Å².